The Kier molecular flexibility index (Phi) is 12.5. The molecule has 2 aliphatic heterocycles. The van der Waals surface area contributed by atoms with Gasteiger partial charge < -0.3 is 35.8 Å². The Balaban J connectivity index is 1.31. The zero-order chi connectivity index (χ0) is 32.5. The second-order valence-corrected chi connectivity index (χ2v) is 14.4. The van der Waals surface area contributed by atoms with Crippen LogP contribution >= 0.6 is 11.3 Å². The third-order valence-corrected chi connectivity index (χ3v) is 10.5. The number of unbranched alkanes of at least 4 members (excludes halogenated alkanes) is 1. The molecule has 0 radical (unpaired) electrons. The molecule has 1 aliphatic carbocycles. The topological polar surface area (TPSA) is 116 Å². The standard InChI is InChI=1S/C35H53N7O3S/c1-25-32(27-10-5-4-6-11-27)45-35(38-25)41-19-20-42(31(24-41)33(43)37-23-29-12-9-21-46-29)34(44)30(13-7-8-18-40(2)3)39-28-16-14-26(22-36)15-17-28/h4-6,9-12,21,25-26,28,30-32,39H,7-8,13-20,22-24,36H2,1-3H3,(H,37,43)/t25-,26?,28?,30+,31-,32+/m0/s1. The number of nitrogens with zero attached hydrogens (tertiary/aromatic N) is 4. The molecule has 1 aromatic carbocycles. The zero-order valence-electron chi connectivity index (χ0n) is 27.8. The molecule has 4 atom stereocenters. The van der Waals surface area contributed by atoms with Crippen molar-refractivity contribution in [3.63, 3.8) is 0 Å². The second kappa shape index (κ2) is 16.7. The van der Waals surface area contributed by atoms with Gasteiger partial charge in [-0.3, -0.25) is 9.59 Å². The highest BCUT2D eigenvalue weighted by Gasteiger charge is 2.42. The van der Waals surface area contributed by atoms with Gasteiger partial charge in [-0.25, -0.2) is 4.99 Å². The molecule has 3 aliphatic rings. The highest BCUT2D eigenvalue weighted by Crippen LogP contribution is 2.31. The minimum atomic E-state index is -0.655. The highest BCUT2D eigenvalue weighted by molar-refractivity contribution is 7.09. The highest BCUT2D eigenvalue weighted by atomic mass is 32.1. The summed E-state index contributed by atoms with van der Waals surface area (Å²) in [6.45, 7) is 5.54. The van der Waals surface area contributed by atoms with E-state index in [1.54, 1.807) is 11.3 Å². The Bertz CT molecular complexity index is 1270. The van der Waals surface area contributed by atoms with Crippen molar-refractivity contribution in [2.45, 2.75) is 88.7 Å². The van der Waals surface area contributed by atoms with Crippen LogP contribution in [0.3, 0.4) is 0 Å². The third kappa shape index (κ3) is 9.08. The van der Waals surface area contributed by atoms with E-state index in [9.17, 15) is 9.59 Å². The van der Waals surface area contributed by atoms with Crippen molar-refractivity contribution in [1.29, 1.82) is 0 Å². The Morgan fingerprint density at radius 1 is 1.09 bits per heavy atom. The number of nitrogens with one attached hydrogen (secondary N) is 2. The summed E-state index contributed by atoms with van der Waals surface area (Å²) in [5.41, 5.74) is 7.04. The lowest BCUT2D eigenvalue weighted by molar-refractivity contribution is -0.145. The Hall–Kier alpha value is -2.99. The first-order chi connectivity index (χ1) is 22.3. The average molecular weight is 652 g/mol. The van der Waals surface area contributed by atoms with Crippen LogP contribution in [0.1, 0.15) is 68.4 Å². The summed E-state index contributed by atoms with van der Waals surface area (Å²) in [4.78, 5) is 40.4. The molecule has 1 aromatic heterocycles. The molecule has 0 spiro atoms. The molecule has 1 saturated carbocycles. The minimum Gasteiger partial charge on any atom is -0.455 e. The van der Waals surface area contributed by atoms with Crippen LogP contribution in [0.15, 0.2) is 52.8 Å². The molecule has 2 amide bonds. The van der Waals surface area contributed by atoms with Crippen LogP contribution in [0.5, 0.6) is 0 Å². The SMILES string of the molecule is C[C@@H]1N=C(N2CCN(C(=O)[C@@H](CCCCN(C)C)NC3CCC(CN)CC3)[C@H](C(=O)NCc3cccs3)C2)O[C@H]1c1ccccc1. The predicted molar refractivity (Wildman–Crippen MR) is 185 cm³/mol. The number of amidine groups is 1. The molecule has 46 heavy (non-hydrogen) atoms. The normalized spacial score (nSPS) is 25.7. The lowest BCUT2D eigenvalue weighted by atomic mass is 9.85. The van der Waals surface area contributed by atoms with E-state index in [4.69, 9.17) is 15.5 Å². The first-order valence-electron chi connectivity index (χ1n) is 17.1. The van der Waals surface area contributed by atoms with Gasteiger partial charge in [-0.2, -0.15) is 0 Å². The molecule has 0 bridgehead atoms. The van der Waals surface area contributed by atoms with Crippen LogP contribution in [0.4, 0.5) is 0 Å². The summed E-state index contributed by atoms with van der Waals surface area (Å²) in [5, 5.41) is 8.89. The number of hydrogen-bond donors (Lipinski definition) is 3. The molecule has 11 heteroatoms. The molecule has 10 nitrogen and oxygen atoms in total. The Morgan fingerprint density at radius 3 is 2.57 bits per heavy atom. The van der Waals surface area contributed by atoms with Gasteiger partial charge in [0.1, 0.15) is 12.1 Å². The smallest absolute Gasteiger partial charge is 0.288 e. The molecule has 252 valence electrons. The predicted octanol–water partition coefficient (Wildman–Crippen LogP) is 3.60. The summed E-state index contributed by atoms with van der Waals surface area (Å²) in [6, 6.07) is 13.9. The zero-order valence-corrected chi connectivity index (χ0v) is 28.6. The van der Waals surface area contributed by atoms with Crippen molar-refractivity contribution < 1.29 is 14.3 Å². The van der Waals surface area contributed by atoms with Crippen molar-refractivity contribution >= 4 is 29.2 Å². The van der Waals surface area contributed by atoms with E-state index < -0.39 is 6.04 Å². The number of aliphatic imine (C=N–C) groups is 1. The number of nitrogens with two attached hydrogens (primary N) is 1. The largest absolute Gasteiger partial charge is 0.455 e. The van der Waals surface area contributed by atoms with Gasteiger partial charge >= 0.3 is 0 Å². The molecule has 2 fully saturated rings. The second-order valence-electron chi connectivity index (χ2n) is 13.4. The van der Waals surface area contributed by atoms with Crippen LogP contribution in [0.25, 0.3) is 0 Å². The maximum atomic E-state index is 14.5. The number of amides is 2. The molecule has 3 heterocycles. The van der Waals surface area contributed by atoms with E-state index in [1.165, 1.54) is 0 Å². The number of thiophene rings is 1. The number of piperazine rings is 1. The van der Waals surface area contributed by atoms with Gasteiger partial charge in [0.2, 0.25) is 11.8 Å². The summed E-state index contributed by atoms with van der Waals surface area (Å²) >= 11 is 1.61. The van der Waals surface area contributed by atoms with Gasteiger partial charge in [0, 0.05) is 24.0 Å². The quantitative estimate of drug-likeness (QED) is 0.284. The van der Waals surface area contributed by atoms with E-state index in [0.29, 0.717) is 38.1 Å². The average Bonchev–Trinajstić information content (AvgIpc) is 3.75. The number of hydrogen-bond acceptors (Lipinski definition) is 9. The van der Waals surface area contributed by atoms with E-state index >= 15 is 0 Å². The summed E-state index contributed by atoms with van der Waals surface area (Å²) in [5.74, 6) is 0.445. The van der Waals surface area contributed by atoms with Crippen LogP contribution in [0, 0.1) is 5.92 Å². The van der Waals surface area contributed by atoms with Crippen molar-refractivity contribution in [1.82, 2.24) is 25.3 Å². The van der Waals surface area contributed by atoms with E-state index in [0.717, 1.165) is 68.5 Å². The minimum absolute atomic E-state index is 0.0199. The van der Waals surface area contributed by atoms with Crippen LogP contribution in [-0.4, -0.2) is 104 Å². The lowest BCUT2D eigenvalue weighted by Gasteiger charge is -2.42. The van der Waals surface area contributed by atoms with Crippen molar-refractivity contribution in [2.75, 3.05) is 46.8 Å². The van der Waals surface area contributed by atoms with Crippen LogP contribution in [0.2, 0.25) is 0 Å². The maximum Gasteiger partial charge on any atom is 0.288 e. The third-order valence-electron chi connectivity index (χ3n) is 9.63. The van der Waals surface area contributed by atoms with Gasteiger partial charge in [0.05, 0.1) is 25.2 Å². The fraction of sp³-hybridized carbons (Fsp3) is 0.629. The lowest BCUT2D eigenvalue weighted by Crippen LogP contribution is -2.64. The molecular formula is C35H53N7O3S. The monoisotopic (exact) mass is 651 g/mol. The molecule has 0 unspecified atom stereocenters. The summed E-state index contributed by atoms with van der Waals surface area (Å²) in [6.07, 6.45) is 6.78. The van der Waals surface area contributed by atoms with Gasteiger partial charge in [0.25, 0.3) is 6.02 Å². The first-order valence-corrected chi connectivity index (χ1v) is 18.0. The Labute approximate surface area is 278 Å². The molecule has 5 rings (SSSR count). The van der Waals surface area contributed by atoms with Crippen molar-refractivity contribution in [3.05, 3.63) is 58.3 Å². The van der Waals surface area contributed by atoms with Crippen molar-refractivity contribution in [3.8, 4) is 0 Å². The van der Waals surface area contributed by atoms with E-state index in [1.807, 2.05) is 45.5 Å². The number of carbonyl (C=O) groups excluding carboxylic acids is 2. The van der Waals surface area contributed by atoms with Crippen LogP contribution < -0.4 is 16.4 Å². The van der Waals surface area contributed by atoms with Gasteiger partial charge in [0.15, 0.2) is 0 Å². The fourth-order valence-electron chi connectivity index (χ4n) is 6.88. The maximum absolute atomic E-state index is 14.5. The number of benzene rings is 1. The van der Waals surface area contributed by atoms with E-state index in [-0.39, 0.29) is 36.0 Å². The molecular weight excluding hydrogens is 598 g/mol. The summed E-state index contributed by atoms with van der Waals surface area (Å²) in [7, 11) is 4.16. The van der Waals surface area contributed by atoms with Gasteiger partial charge in [-0.05, 0) is 95.6 Å². The number of rotatable bonds is 13. The number of ether oxygens (including phenoxy) is 1. The molecule has 1 saturated heterocycles. The van der Waals surface area contributed by atoms with E-state index in [2.05, 4.69) is 48.7 Å². The molecule has 2 aromatic rings. The van der Waals surface area contributed by atoms with Crippen LogP contribution in [-0.2, 0) is 20.9 Å². The van der Waals surface area contributed by atoms with Gasteiger partial charge in [-0.1, -0.05) is 42.8 Å². The Morgan fingerprint density at radius 2 is 1.87 bits per heavy atom. The first kappa shape index (κ1) is 34.3. The number of carbonyl (C=O) groups is 2. The van der Waals surface area contributed by atoms with Crippen molar-refractivity contribution in [2.24, 2.45) is 16.6 Å². The summed E-state index contributed by atoms with van der Waals surface area (Å²) < 4.78 is 6.41. The molecule has 4 N–H and O–H groups in total. The fourth-order valence-corrected chi connectivity index (χ4v) is 7.53. The van der Waals surface area contributed by atoms with Gasteiger partial charge in [-0.15, -0.1) is 11.3 Å².